The Bertz CT molecular complexity index is 630. The molecule has 1 heterocycles. The topological polar surface area (TPSA) is 58.4 Å². The highest BCUT2D eigenvalue weighted by atomic mass is 16.2. The minimum atomic E-state index is 0.130. The molecule has 0 bridgehead atoms. The van der Waals surface area contributed by atoms with Crippen LogP contribution < -0.4 is 11.1 Å². The van der Waals surface area contributed by atoms with Crippen molar-refractivity contribution in [2.75, 3.05) is 31.5 Å². The molecule has 1 saturated heterocycles. The molecular weight excluding hydrogens is 286 g/mol. The van der Waals surface area contributed by atoms with Crippen molar-refractivity contribution in [2.24, 2.45) is 11.7 Å². The molecule has 3 rings (SSSR count). The fraction of sp³-hybridized carbons (Fsp3) is 0.316. The first kappa shape index (κ1) is 15.6. The molecule has 3 N–H and O–H groups in total. The van der Waals surface area contributed by atoms with Crippen LogP contribution in [0.2, 0.25) is 0 Å². The number of likely N-dealkylation sites (tertiary alicyclic amines) is 1. The van der Waals surface area contributed by atoms with Gasteiger partial charge in [0.1, 0.15) is 0 Å². The number of rotatable bonds is 5. The van der Waals surface area contributed by atoms with Crippen LogP contribution in [0.5, 0.6) is 0 Å². The molecule has 2 aromatic carbocycles. The van der Waals surface area contributed by atoms with E-state index in [4.69, 9.17) is 5.73 Å². The zero-order valence-electron chi connectivity index (χ0n) is 13.2. The van der Waals surface area contributed by atoms with E-state index in [0.717, 1.165) is 18.8 Å². The van der Waals surface area contributed by atoms with Crippen molar-refractivity contribution in [2.45, 2.75) is 5.92 Å². The summed E-state index contributed by atoms with van der Waals surface area (Å²) >= 11 is 0. The molecule has 0 saturated carbocycles. The quantitative estimate of drug-likeness (QED) is 0.891. The van der Waals surface area contributed by atoms with Crippen LogP contribution in [-0.4, -0.2) is 37.0 Å². The Labute approximate surface area is 137 Å². The highest BCUT2D eigenvalue weighted by molar-refractivity contribution is 5.81. The third-order valence-corrected chi connectivity index (χ3v) is 4.54. The lowest BCUT2D eigenvalue weighted by atomic mass is 9.89. The molecule has 120 valence electrons. The van der Waals surface area contributed by atoms with E-state index in [9.17, 15) is 4.79 Å². The SMILES string of the molecule is NC[C@@H]1CN(C(=O)CNc2ccccc2)C[C@H]1c1ccccc1. The van der Waals surface area contributed by atoms with Crippen molar-refractivity contribution in [1.29, 1.82) is 0 Å². The number of carbonyl (C=O) groups is 1. The Hall–Kier alpha value is -2.33. The average Bonchev–Trinajstić information content (AvgIpc) is 3.06. The first-order valence-electron chi connectivity index (χ1n) is 8.09. The molecule has 1 aliphatic rings. The number of nitrogens with one attached hydrogen (secondary N) is 1. The van der Waals surface area contributed by atoms with Crippen LogP contribution >= 0.6 is 0 Å². The van der Waals surface area contributed by atoms with E-state index in [-0.39, 0.29) is 5.91 Å². The summed E-state index contributed by atoms with van der Waals surface area (Å²) in [6.07, 6.45) is 0. The largest absolute Gasteiger partial charge is 0.376 e. The zero-order chi connectivity index (χ0) is 16.1. The second-order valence-electron chi connectivity index (χ2n) is 6.03. The maximum atomic E-state index is 12.5. The molecule has 2 atom stereocenters. The Morgan fingerprint density at radius 3 is 2.35 bits per heavy atom. The van der Waals surface area contributed by atoms with Crippen molar-refractivity contribution >= 4 is 11.6 Å². The van der Waals surface area contributed by atoms with Crippen LogP contribution in [0.3, 0.4) is 0 Å². The summed E-state index contributed by atoms with van der Waals surface area (Å²) in [5.41, 5.74) is 8.18. The standard InChI is InChI=1S/C19H23N3O/c20-11-16-13-22(14-18(16)15-7-3-1-4-8-15)19(23)12-21-17-9-5-2-6-10-17/h1-10,16,18,21H,11-14,20H2/t16-,18+/m1/s1. The predicted octanol–water partition coefficient (Wildman–Crippen LogP) is 2.30. The van der Waals surface area contributed by atoms with E-state index in [1.807, 2.05) is 53.4 Å². The van der Waals surface area contributed by atoms with Crippen molar-refractivity contribution < 1.29 is 4.79 Å². The summed E-state index contributed by atoms with van der Waals surface area (Å²) in [7, 11) is 0. The summed E-state index contributed by atoms with van der Waals surface area (Å²) in [5.74, 6) is 0.797. The second kappa shape index (κ2) is 7.29. The molecule has 0 unspecified atom stereocenters. The molecule has 1 amide bonds. The van der Waals surface area contributed by atoms with Crippen LogP contribution in [0, 0.1) is 5.92 Å². The van der Waals surface area contributed by atoms with Crippen molar-refractivity contribution in [1.82, 2.24) is 4.90 Å². The van der Waals surface area contributed by atoms with Gasteiger partial charge in [0.25, 0.3) is 0 Å². The maximum absolute atomic E-state index is 12.5. The van der Waals surface area contributed by atoms with Gasteiger partial charge in [0.15, 0.2) is 0 Å². The van der Waals surface area contributed by atoms with Crippen LogP contribution in [0.15, 0.2) is 60.7 Å². The zero-order valence-corrected chi connectivity index (χ0v) is 13.2. The summed E-state index contributed by atoms with van der Waals surface area (Å²) < 4.78 is 0. The molecular formula is C19H23N3O. The van der Waals surface area contributed by atoms with Crippen LogP contribution in [0.4, 0.5) is 5.69 Å². The Balaban J connectivity index is 1.61. The predicted molar refractivity (Wildman–Crippen MR) is 93.2 cm³/mol. The lowest BCUT2D eigenvalue weighted by Crippen LogP contribution is -2.34. The van der Waals surface area contributed by atoms with E-state index in [2.05, 4.69) is 17.4 Å². The number of anilines is 1. The molecule has 4 nitrogen and oxygen atoms in total. The van der Waals surface area contributed by atoms with E-state index in [1.54, 1.807) is 0 Å². The smallest absolute Gasteiger partial charge is 0.241 e. The molecule has 4 heteroatoms. The van der Waals surface area contributed by atoms with E-state index in [0.29, 0.717) is 24.9 Å². The summed E-state index contributed by atoms with van der Waals surface area (Å²) in [6, 6.07) is 20.2. The van der Waals surface area contributed by atoms with Gasteiger partial charge < -0.3 is 16.0 Å². The Kier molecular flexibility index (Phi) is 4.93. The van der Waals surface area contributed by atoms with Gasteiger partial charge >= 0.3 is 0 Å². The monoisotopic (exact) mass is 309 g/mol. The van der Waals surface area contributed by atoms with Crippen LogP contribution in [0.25, 0.3) is 0 Å². The van der Waals surface area contributed by atoms with E-state index in [1.165, 1.54) is 5.56 Å². The van der Waals surface area contributed by atoms with Gasteiger partial charge in [-0.1, -0.05) is 48.5 Å². The number of hydrogen-bond donors (Lipinski definition) is 2. The molecule has 0 spiro atoms. The summed E-state index contributed by atoms with van der Waals surface area (Å²) in [5, 5.41) is 3.19. The van der Waals surface area contributed by atoms with Crippen LogP contribution in [-0.2, 0) is 4.79 Å². The molecule has 1 fully saturated rings. The number of hydrogen-bond acceptors (Lipinski definition) is 3. The number of benzene rings is 2. The van der Waals surface area contributed by atoms with Gasteiger partial charge in [-0.25, -0.2) is 0 Å². The summed E-state index contributed by atoms with van der Waals surface area (Å²) in [4.78, 5) is 14.4. The third kappa shape index (κ3) is 3.71. The molecule has 2 aromatic rings. The minimum absolute atomic E-state index is 0.130. The first-order valence-corrected chi connectivity index (χ1v) is 8.09. The fourth-order valence-electron chi connectivity index (χ4n) is 3.24. The van der Waals surface area contributed by atoms with E-state index >= 15 is 0 Å². The highest BCUT2D eigenvalue weighted by Gasteiger charge is 2.34. The normalized spacial score (nSPS) is 20.5. The summed E-state index contributed by atoms with van der Waals surface area (Å²) in [6.45, 7) is 2.42. The molecule has 0 aromatic heterocycles. The van der Waals surface area contributed by atoms with Gasteiger partial charge in [-0.3, -0.25) is 4.79 Å². The lowest BCUT2D eigenvalue weighted by molar-refractivity contribution is -0.128. The maximum Gasteiger partial charge on any atom is 0.241 e. The van der Waals surface area contributed by atoms with Gasteiger partial charge in [0, 0.05) is 24.7 Å². The number of nitrogens with two attached hydrogens (primary N) is 1. The molecule has 23 heavy (non-hydrogen) atoms. The number of nitrogens with zero attached hydrogens (tertiary/aromatic N) is 1. The first-order chi connectivity index (χ1) is 11.3. The van der Waals surface area contributed by atoms with Crippen molar-refractivity contribution in [3.63, 3.8) is 0 Å². The van der Waals surface area contributed by atoms with Crippen molar-refractivity contribution in [3.05, 3.63) is 66.2 Å². The molecule has 0 radical (unpaired) electrons. The lowest BCUT2D eigenvalue weighted by Gasteiger charge is -2.17. The fourth-order valence-corrected chi connectivity index (χ4v) is 3.24. The van der Waals surface area contributed by atoms with Gasteiger partial charge in [0.2, 0.25) is 5.91 Å². The Morgan fingerprint density at radius 1 is 1.04 bits per heavy atom. The average molecular weight is 309 g/mol. The molecule has 0 aliphatic carbocycles. The van der Waals surface area contributed by atoms with E-state index < -0.39 is 0 Å². The van der Waals surface area contributed by atoms with Gasteiger partial charge in [-0.15, -0.1) is 0 Å². The highest BCUT2D eigenvalue weighted by Crippen LogP contribution is 2.31. The minimum Gasteiger partial charge on any atom is -0.376 e. The number of carbonyl (C=O) groups excluding carboxylic acids is 1. The van der Waals surface area contributed by atoms with Crippen molar-refractivity contribution in [3.8, 4) is 0 Å². The number of amides is 1. The molecule has 1 aliphatic heterocycles. The van der Waals surface area contributed by atoms with Crippen LogP contribution in [0.1, 0.15) is 11.5 Å². The number of para-hydroxylation sites is 1. The van der Waals surface area contributed by atoms with Gasteiger partial charge in [-0.2, -0.15) is 0 Å². The van der Waals surface area contributed by atoms with Gasteiger partial charge in [-0.05, 0) is 30.2 Å². The third-order valence-electron chi connectivity index (χ3n) is 4.54. The second-order valence-corrected chi connectivity index (χ2v) is 6.03. The Morgan fingerprint density at radius 2 is 1.70 bits per heavy atom. The van der Waals surface area contributed by atoms with Gasteiger partial charge in [0.05, 0.1) is 6.54 Å².